The van der Waals surface area contributed by atoms with Gasteiger partial charge in [0.15, 0.2) is 0 Å². The second-order valence-corrected chi connectivity index (χ2v) is 4.84. The summed E-state index contributed by atoms with van der Waals surface area (Å²) in [5.74, 6) is 0.783. The van der Waals surface area contributed by atoms with Crippen molar-refractivity contribution in [2.45, 2.75) is 6.61 Å². The van der Waals surface area contributed by atoms with Gasteiger partial charge in [-0.05, 0) is 45.7 Å². The van der Waals surface area contributed by atoms with Gasteiger partial charge in [0.1, 0.15) is 12.4 Å². The summed E-state index contributed by atoms with van der Waals surface area (Å²) in [6.45, 7) is 0.525. The lowest BCUT2D eigenvalue weighted by molar-refractivity contribution is 0.304. The molecule has 2 nitrogen and oxygen atoms in total. The van der Waals surface area contributed by atoms with Crippen LogP contribution in [0.5, 0.6) is 5.75 Å². The minimum atomic E-state index is 0.525. The van der Waals surface area contributed by atoms with Gasteiger partial charge in [-0.25, -0.2) is 4.37 Å². The first-order chi connectivity index (χ1) is 7.25. The molecule has 2 aromatic rings. The molecule has 0 N–H and O–H groups in total. The lowest BCUT2D eigenvalue weighted by Gasteiger charge is -2.06. The van der Waals surface area contributed by atoms with Gasteiger partial charge >= 0.3 is 0 Å². The number of benzene rings is 1. The average Bonchev–Trinajstić information content (AvgIpc) is 2.69. The molecule has 78 valence electrons. The van der Waals surface area contributed by atoms with Crippen LogP contribution in [0, 0.1) is 0 Å². The van der Waals surface area contributed by atoms with E-state index in [0.717, 1.165) is 15.8 Å². The molecule has 0 aliphatic heterocycles. The summed E-state index contributed by atoms with van der Waals surface area (Å²) in [6, 6.07) is 5.45. The van der Waals surface area contributed by atoms with E-state index in [-0.39, 0.29) is 0 Å². The molecule has 0 bridgehead atoms. The Bertz CT molecular complexity index is 447. The van der Waals surface area contributed by atoms with Gasteiger partial charge in [-0.3, -0.25) is 0 Å². The van der Waals surface area contributed by atoms with E-state index < -0.39 is 0 Å². The van der Waals surface area contributed by atoms with Gasteiger partial charge in [-0.1, -0.05) is 11.6 Å². The zero-order valence-electron chi connectivity index (χ0n) is 7.61. The molecule has 0 spiro atoms. The second-order valence-electron chi connectivity index (χ2n) is 2.90. The van der Waals surface area contributed by atoms with Crippen molar-refractivity contribution in [3.8, 4) is 5.75 Å². The third kappa shape index (κ3) is 2.93. The predicted octanol–water partition coefficient (Wildman–Crippen LogP) is 4.14. The summed E-state index contributed by atoms with van der Waals surface area (Å²) in [7, 11) is 0. The highest BCUT2D eigenvalue weighted by Gasteiger charge is 2.02. The molecule has 15 heavy (non-hydrogen) atoms. The molecule has 0 aliphatic carbocycles. The van der Waals surface area contributed by atoms with Crippen LogP contribution >= 0.6 is 39.1 Å². The lowest BCUT2D eigenvalue weighted by Crippen LogP contribution is -1.94. The Morgan fingerprint density at radius 3 is 3.00 bits per heavy atom. The summed E-state index contributed by atoms with van der Waals surface area (Å²) in [6.07, 6.45) is 1.80. The van der Waals surface area contributed by atoms with E-state index in [2.05, 4.69) is 20.3 Å². The fraction of sp³-hybridized carbons (Fsp3) is 0.100. The monoisotopic (exact) mass is 303 g/mol. The molecule has 1 aromatic carbocycles. The molecule has 0 unspecified atom stereocenters. The quantitative estimate of drug-likeness (QED) is 0.850. The maximum Gasteiger partial charge on any atom is 0.134 e. The van der Waals surface area contributed by atoms with Crippen LogP contribution in [-0.2, 0) is 6.61 Å². The fourth-order valence-corrected chi connectivity index (χ4v) is 2.37. The summed E-state index contributed by atoms with van der Waals surface area (Å²) < 4.78 is 10.5. The highest BCUT2D eigenvalue weighted by Crippen LogP contribution is 2.28. The summed E-state index contributed by atoms with van der Waals surface area (Å²) >= 11 is 10.6. The molecule has 1 heterocycles. The minimum Gasteiger partial charge on any atom is -0.488 e. The van der Waals surface area contributed by atoms with Gasteiger partial charge in [0, 0.05) is 22.2 Å². The maximum atomic E-state index is 5.82. The number of ether oxygens (including phenoxy) is 1. The van der Waals surface area contributed by atoms with Crippen molar-refractivity contribution in [1.82, 2.24) is 4.37 Å². The smallest absolute Gasteiger partial charge is 0.134 e. The average molecular weight is 305 g/mol. The first-order valence-electron chi connectivity index (χ1n) is 4.22. The van der Waals surface area contributed by atoms with Crippen LogP contribution in [0.25, 0.3) is 0 Å². The van der Waals surface area contributed by atoms with Crippen molar-refractivity contribution in [3.05, 3.63) is 44.8 Å². The molecule has 0 radical (unpaired) electrons. The van der Waals surface area contributed by atoms with Gasteiger partial charge in [0.05, 0.1) is 4.47 Å². The molecule has 1 aromatic heterocycles. The SMILES string of the molecule is Clc1ccc(OCc2cnsc2)c(Br)c1. The summed E-state index contributed by atoms with van der Waals surface area (Å²) in [4.78, 5) is 0. The number of aromatic nitrogens is 1. The number of hydrogen-bond donors (Lipinski definition) is 0. The Kier molecular flexibility index (Phi) is 3.61. The van der Waals surface area contributed by atoms with E-state index in [1.807, 2.05) is 17.5 Å². The molecule has 0 amide bonds. The zero-order chi connectivity index (χ0) is 10.7. The highest BCUT2D eigenvalue weighted by molar-refractivity contribution is 9.10. The van der Waals surface area contributed by atoms with Gasteiger partial charge in [0.2, 0.25) is 0 Å². The molecule has 0 aliphatic rings. The Morgan fingerprint density at radius 2 is 2.33 bits per heavy atom. The number of rotatable bonds is 3. The Hall–Kier alpha value is -0.580. The van der Waals surface area contributed by atoms with E-state index in [9.17, 15) is 0 Å². The lowest BCUT2D eigenvalue weighted by atomic mass is 10.3. The Labute approximate surface area is 105 Å². The van der Waals surface area contributed by atoms with E-state index in [4.69, 9.17) is 16.3 Å². The molecular formula is C10H7BrClNOS. The van der Waals surface area contributed by atoms with Gasteiger partial charge in [-0.2, -0.15) is 0 Å². The normalized spacial score (nSPS) is 10.3. The van der Waals surface area contributed by atoms with Crippen LogP contribution in [0.3, 0.4) is 0 Å². The van der Waals surface area contributed by atoms with Crippen LogP contribution in [0.1, 0.15) is 5.56 Å². The molecule has 0 saturated heterocycles. The van der Waals surface area contributed by atoms with Crippen molar-refractivity contribution in [2.24, 2.45) is 0 Å². The van der Waals surface area contributed by atoms with Crippen molar-refractivity contribution < 1.29 is 4.74 Å². The van der Waals surface area contributed by atoms with E-state index in [1.165, 1.54) is 11.5 Å². The van der Waals surface area contributed by atoms with Crippen molar-refractivity contribution in [3.63, 3.8) is 0 Å². The maximum absolute atomic E-state index is 5.82. The van der Waals surface area contributed by atoms with Crippen molar-refractivity contribution in [1.29, 1.82) is 0 Å². The molecule has 0 fully saturated rings. The molecule has 0 atom stereocenters. The summed E-state index contributed by atoms with van der Waals surface area (Å²) in [5.41, 5.74) is 1.07. The van der Waals surface area contributed by atoms with Crippen molar-refractivity contribution in [2.75, 3.05) is 0 Å². The first-order valence-corrected chi connectivity index (χ1v) is 6.22. The van der Waals surface area contributed by atoms with Crippen LogP contribution in [0.2, 0.25) is 5.02 Å². The standard InChI is InChI=1S/C10H7BrClNOS/c11-9-3-8(12)1-2-10(9)14-5-7-4-13-15-6-7/h1-4,6H,5H2. The van der Waals surface area contributed by atoms with Crippen LogP contribution in [0.15, 0.2) is 34.2 Å². The van der Waals surface area contributed by atoms with Crippen molar-refractivity contribution >= 4 is 39.1 Å². The van der Waals surface area contributed by atoms with E-state index in [0.29, 0.717) is 11.6 Å². The molecule has 5 heteroatoms. The number of hydrogen-bond acceptors (Lipinski definition) is 3. The van der Waals surface area contributed by atoms with Gasteiger partial charge in [-0.15, -0.1) is 0 Å². The summed E-state index contributed by atoms with van der Waals surface area (Å²) in [5, 5.41) is 2.65. The predicted molar refractivity (Wildman–Crippen MR) is 65.6 cm³/mol. The van der Waals surface area contributed by atoms with Gasteiger partial charge < -0.3 is 4.74 Å². The fourth-order valence-electron chi connectivity index (χ4n) is 1.05. The Morgan fingerprint density at radius 1 is 1.47 bits per heavy atom. The minimum absolute atomic E-state index is 0.525. The highest BCUT2D eigenvalue weighted by atomic mass is 79.9. The van der Waals surface area contributed by atoms with Crippen LogP contribution in [-0.4, -0.2) is 4.37 Å². The first kappa shape index (κ1) is 10.9. The van der Waals surface area contributed by atoms with E-state index >= 15 is 0 Å². The Balaban J connectivity index is 2.05. The zero-order valence-corrected chi connectivity index (χ0v) is 10.8. The second kappa shape index (κ2) is 4.96. The number of halogens is 2. The molecule has 2 rings (SSSR count). The van der Waals surface area contributed by atoms with E-state index in [1.54, 1.807) is 12.3 Å². The number of nitrogens with zero attached hydrogens (tertiary/aromatic N) is 1. The largest absolute Gasteiger partial charge is 0.488 e. The topological polar surface area (TPSA) is 22.1 Å². The molecule has 0 saturated carbocycles. The van der Waals surface area contributed by atoms with Gasteiger partial charge in [0.25, 0.3) is 0 Å². The van der Waals surface area contributed by atoms with Crippen LogP contribution < -0.4 is 4.74 Å². The third-order valence-corrected chi connectivity index (χ3v) is 3.26. The van der Waals surface area contributed by atoms with Crippen LogP contribution in [0.4, 0.5) is 0 Å². The third-order valence-electron chi connectivity index (χ3n) is 1.77. The molecular weight excluding hydrogens is 298 g/mol.